The summed E-state index contributed by atoms with van der Waals surface area (Å²) in [4.78, 5) is 0. The molecular formula is C30H46O2. The number of aromatic hydroxyl groups is 1. The van der Waals surface area contributed by atoms with Gasteiger partial charge in [0.2, 0.25) is 0 Å². The molecule has 0 fully saturated rings. The van der Waals surface area contributed by atoms with E-state index in [2.05, 4.69) is 19.1 Å². The van der Waals surface area contributed by atoms with Crippen LogP contribution in [0.4, 0.5) is 0 Å². The van der Waals surface area contributed by atoms with Crippen LogP contribution in [0.15, 0.2) is 48.5 Å². The van der Waals surface area contributed by atoms with E-state index in [0.29, 0.717) is 5.75 Å². The van der Waals surface area contributed by atoms with Gasteiger partial charge in [0.15, 0.2) is 0 Å². The molecule has 0 heterocycles. The Kier molecular flexibility index (Phi) is 14.4. The van der Waals surface area contributed by atoms with Crippen LogP contribution in [0.1, 0.15) is 110 Å². The predicted octanol–water partition coefficient (Wildman–Crippen LogP) is 9.70. The lowest BCUT2D eigenvalue weighted by Crippen LogP contribution is -1.97. The van der Waals surface area contributed by atoms with Crippen molar-refractivity contribution in [2.24, 2.45) is 0 Å². The zero-order valence-electron chi connectivity index (χ0n) is 20.5. The Balaban J connectivity index is 1.40. The van der Waals surface area contributed by atoms with Crippen LogP contribution in [-0.2, 0) is 0 Å². The van der Waals surface area contributed by atoms with Crippen LogP contribution in [0.2, 0.25) is 0 Å². The molecule has 0 aliphatic carbocycles. The monoisotopic (exact) mass is 438 g/mol. The minimum Gasteiger partial charge on any atom is -0.508 e. The fourth-order valence-electron chi connectivity index (χ4n) is 4.26. The highest BCUT2D eigenvalue weighted by atomic mass is 16.5. The van der Waals surface area contributed by atoms with Crippen molar-refractivity contribution in [1.82, 2.24) is 0 Å². The van der Waals surface area contributed by atoms with E-state index in [-0.39, 0.29) is 0 Å². The van der Waals surface area contributed by atoms with Gasteiger partial charge in [-0.1, -0.05) is 128 Å². The van der Waals surface area contributed by atoms with Crippen molar-refractivity contribution in [2.45, 2.75) is 110 Å². The molecule has 0 saturated carbocycles. The normalized spacial score (nSPS) is 11.0. The molecule has 0 radical (unpaired) electrons. The van der Waals surface area contributed by atoms with Gasteiger partial charge in [-0.25, -0.2) is 0 Å². The van der Waals surface area contributed by atoms with E-state index in [9.17, 15) is 5.11 Å². The fraction of sp³-hybridized carbons (Fsp3) is 0.600. The third-order valence-corrected chi connectivity index (χ3v) is 6.30. The van der Waals surface area contributed by atoms with Crippen LogP contribution < -0.4 is 4.74 Å². The van der Waals surface area contributed by atoms with Gasteiger partial charge in [0.1, 0.15) is 11.5 Å². The van der Waals surface area contributed by atoms with Gasteiger partial charge < -0.3 is 9.84 Å². The number of benzene rings is 2. The maximum absolute atomic E-state index is 9.45. The molecule has 0 saturated heterocycles. The van der Waals surface area contributed by atoms with Gasteiger partial charge in [-0.2, -0.15) is 0 Å². The minimum atomic E-state index is 0.296. The third-order valence-electron chi connectivity index (χ3n) is 6.30. The van der Waals surface area contributed by atoms with Crippen molar-refractivity contribution >= 4 is 0 Å². The summed E-state index contributed by atoms with van der Waals surface area (Å²) in [7, 11) is 0. The number of phenols is 1. The molecule has 178 valence electrons. The number of hydrogen-bond acceptors (Lipinski definition) is 2. The molecule has 2 heteroatoms. The maximum atomic E-state index is 9.45. The molecule has 2 nitrogen and oxygen atoms in total. The third kappa shape index (κ3) is 12.2. The Morgan fingerprint density at radius 2 is 1.06 bits per heavy atom. The standard InChI is InChI=1S/C30H46O2/c1-2-3-4-5-6-7-8-9-10-11-12-13-14-15-16-17-25-32-30-20-18-19-28(26-30)27-21-23-29(31)24-22-27/h18-24,26,31H,2-17,25H2,1H3. The number of unbranched alkanes of at least 4 members (excludes halogenated alkanes) is 15. The van der Waals surface area contributed by atoms with Gasteiger partial charge in [0.05, 0.1) is 6.61 Å². The zero-order valence-corrected chi connectivity index (χ0v) is 20.5. The summed E-state index contributed by atoms with van der Waals surface area (Å²) >= 11 is 0. The first-order valence-corrected chi connectivity index (χ1v) is 13.3. The average Bonchev–Trinajstić information content (AvgIpc) is 2.82. The van der Waals surface area contributed by atoms with Crippen LogP contribution in [0.3, 0.4) is 0 Å². The molecule has 0 bridgehead atoms. The van der Waals surface area contributed by atoms with Crippen LogP contribution in [0.25, 0.3) is 11.1 Å². The fourth-order valence-corrected chi connectivity index (χ4v) is 4.26. The van der Waals surface area contributed by atoms with E-state index >= 15 is 0 Å². The Morgan fingerprint density at radius 3 is 1.59 bits per heavy atom. The average molecular weight is 439 g/mol. The molecule has 2 aromatic rings. The van der Waals surface area contributed by atoms with Gasteiger partial charge in [0.25, 0.3) is 0 Å². The smallest absolute Gasteiger partial charge is 0.119 e. The molecule has 0 aliphatic heterocycles. The lowest BCUT2D eigenvalue weighted by Gasteiger charge is -2.08. The van der Waals surface area contributed by atoms with Gasteiger partial charge >= 0.3 is 0 Å². The number of ether oxygens (including phenoxy) is 1. The van der Waals surface area contributed by atoms with Crippen molar-refractivity contribution in [3.8, 4) is 22.6 Å². The first-order valence-electron chi connectivity index (χ1n) is 13.3. The van der Waals surface area contributed by atoms with Crippen LogP contribution in [-0.4, -0.2) is 11.7 Å². The molecule has 1 N–H and O–H groups in total. The quantitative estimate of drug-likeness (QED) is 0.221. The molecule has 2 rings (SSSR count). The first kappa shape index (κ1) is 26.3. The molecule has 2 aromatic carbocycles. The van der Waals surface area contributed by atoms with Crippen molar-refractivity contribution in [3.63, 3.8) is 0 Å². The summed E-state index contributed by atoms with van der Waals surface area (Å²) in [6, 6.07) is 15.5. The lowest BCUT2D eigenvalue weighted by atomic mass is 10.0. The van der Waals surface area contributed by atoms with Crippen molar-refractivity contribution in [1.29, 1.82) is 0 Å². The summed E-state index contributed by atoms with van der Waals surface area (Å²) < 4.78 is 5.96. The molecule has 0 amide bonds. The van der Waals surface area contributed by atoms with E-state index in [1.54, 1.807) is 12.1 Å². The molecule has 0 spiro atoms. The number of hydrogen-bond donors (Lipinski definition) is 1. The molecule has 32 heavy (non-hydrogen) atoms. The maximum Gasteiger partial charge on any atom is 0.119 e. The largest absolute Gasteiger partial charge is 0.508 e. The summed E-state index contributed by atoms with van der Waals surface area (Å²) in [5.41, 5.74) is 2.21. The molecule has 0 unspecified atom stereocenters. The first-order chi connectivity index (χ1) is 15.8. The number of phenolic OH excluding ortho intramolecular Hbond substituents is 1. The second-order valence-electron chi connectivity index (χ2n) is 9.23. The predicted molar refractivity (Wildman–Crippen MR) is 139 cm³/mol. The van der Waals surface area contributed by atoms with Gasteiger partial charge in [0, 0.05) is 0 Å². The van der Waals surface area contributed by atoms with E-state index in [0.717, 1.165) is 29.9 Å². The molecule has 0 atom stereocenters. The summed E-state index contributed by atoms with van der Waals surface area (Å²) in [6.07, 6.45) is 22.2. The topological polar surface area (TPSA) is 29.5 Å². The Labute approximate surface area is 197 Å². The van der Waals surface area contributed by atoms with E-state index in [1.165, 1.54) is 96.3 Å². The summed E-state index contributed by atoms with van der Waals surface area (Å²) in [5, 5.41) is 9.45. The Morgan fingerprint density at radius 1 is 0.562 bits per heavy atom. The Bertz CT molecular complexity index is 692. The van der Waals surface area contributed by atoms with Crippen LogP contribution in [0, 0.1) is 0 Å². The highest BCUT2D eigenvalue weighted by Gasteiger charge is 2.01. The summed E-state index contributed by atoms with van der Waals surface area (Å²) in [5.74, 6) is 1.22. The van der Waals surface area contributed by atoms with Gasteiger partial charge in [-0.05, 0) is 41.8 Å². The van der Waals surface area contributed by atoms with Crippen LogP contribution >= 0.6 is 0 Å². The molecular weight excluding hydrogens is 392 g/mol. The SMILES string of the molecule is CCCCCCCCCCCCCCCCCCOc1cccc(-c2ccc(O)cc2)c1. The lowest BCUT2D eigenvalue weighted by molar-refractivity contribution is 0.304. The van der Waals surface area contributed by atoms with E-state index < -0.39 is 0 Å². The summed E-state index contributed by atoms with van der Waals surface area (Å²) in [6.45, 7) is 3.08. The van der Waals surface area contributed by atoms with Crippen molar-refractivity contribution < 1.29 is 9.84 Å². The van der Waals surface area contributed by atoms with Gasteiger partial charge in [-0.15, -0.1) is 0 Å². The second-order valence-corrected chi connectivity index (χ2v) is 9.23. The van der Waals surface area contributed by atoms with Crippen molar-refractivity contribution in [2.75, 3.05) is 6.61 Å². The molecule has 0 aromatic heterocycles. The van der Waals surface area contributed by atoms with E-state index in [1.807, 2.05) is 24.3 Å². The number of rotatable bonds is 19. The van der Waals surface area contributed by atoms with E-state index in [4.69, 9.17) is 4.74 Å². The highest BCUT2D eigenvalue weighted by molar-refractivity contribution is 5.65. The Hall–Kier alpha value is -1.96. The zero-order chi connectivity index (χ0) is 22.7. The van der Waals surface area contributed by atoms with Gasteiger partial charge in [-0.3, -0.25) is 0 Å². The molecule has 0 aliphatic rings. The second kappa shape index (κ2) is 17.6. The minimum absolute atomic E-state index is 0.296. The highest BCUT2D eigenvalue weighted by Crippen LogP contribution is 2.25. The van der Waals surface area contributed by atoms with Crippen molar-refractivity contribution in [3.05, 3.63) is 48.5 Å². The van der Waals surface area contributed by atoms with Crippen LogP contribution in [0.5, 0.6) is 11.5 Å².